The molecule has 0 N–H and O–H groups in total. The molecule has 0 aromatic rings. The maximum Gasteiger partial charge on any atom is 0.0630 e. The maximum absolute atomic E-state index is 8.53. The topological polar surface area (TPSA) is 47.6 Å². The third kappa shape index (κ3) is 3.78. The van der Waals surface area contributed by atoms with E-state index < -0.39 is 0 Å². The SMILES string of the molecule is C=CC(C)(CC#N)CCCC#N. The molecule has 0 amide bonds. The molecule has 0 aromatic carbocycles. The molecule has 2 nitrogen and oxygen atoms in total. The van der Waals surface area contributed by atoms with E-state index in [9.17, 15) is 0 Å². The monoisotopic (exact) mass is 162 g/mol. The number of hydrogen-bond acceptors (Lipinski definition) is 2. The Morgan fingerprint density at radius 1 is 1.42 bits per heavy atom. The van der Waals surface area contributed by atoms with Crippen LogP contribution in [-0.4, -0.2) is 0 Å². The zero-order chi connectivity index (χ0) is 9.45. The van der Waals surface area contributed by atoms with Crippen molar-refractivity contribution in [2.24, 2.45) is 5.41 Å². The van der Waals surface area contributed by atoms with E-state index in [4.69, 9.17) is 10.5 Å². The normalized spacial score (nSPS) is 13.9. The van der Waals surface area contributed by atoms with Gasteiger partial charge in [-0.2, -0.15) is 10.5 Å². The third-order valence-electron chi connectivity index (χ3n) is 2.01. The molecule has 2 heteroatoms. The first-order chi connectivity index (χ1) is 5.68. The van der Waals surface area contributed by atoms with Gasteiger partial charge >= 0.3 is 0 Å². The van der Waals surface area contributed by atoms with Gasteiger partial charge in [0.25, 0.3) is 0 Å². The van der Waals surface area contributed by atoms with Gasteiger partial charge < -0.3 is 0 Å². The highest BCUT2D eigenvalue weighted by Crippen LogP contribution is 2.28. The molecule has 0 fully saturated rings. The van der Waals surface area contributed by atoms with Crippen LogP contribution in [0.5, 0.6) is 0 Å². The van der Waals surface area contributed by atoms with E-state index in [1.54, 1.807) is 0 Å². The van der Waals surface area contributed by atoms with Crippen LogP contribution in [0, 0.1) is 28.1 Å². The molecular formula is C10H14N2. The van der Waals surface area contributed by atoms with Crippen molar-refractivity contribution < 1.29 is 0 Å². The summed E-state index contributed by atoms with van der Waals surface area (Å²) in [5.74, 6) is 0. The molecule has 12 heavy (non-hydrogen) atoms. The molecule has 0 aliphatic heterocycles. The van der Waals surface area contributed by atoms with Gasteiger partial charge in [0.05, 0.1) is 12.1 Å². The van der Waals surface area contributed by atoms with Gasteiger partial charge in [-0.25, -0.2) is 0 Å². The van der Waals surface area contributed by atoms with Crippen molar-refractivity contribution >= 4 is 0 Å². The molecule has 0 heterocycles. The molecule has 0 spiro atoms. The van der Waals surface area contributed by atoms with E-state index in [1.165, 1.54) is 0 Å². The first kappa shape index (κ1) is 10.7. The minimum absolute atomic E-state index is 0.106. The zero-order valence-corrected chi connectivity index (χ0v) is 7.51. The Morgan fingerprint density at radius 3 is 2.50 bits per heavy atom. The number of allylic oxidation sites excluding steroid dienone is 1. The van der Waals surface area contributed by atoms with Crippen LogP contribution in [0.1, 0.15) is 32.6 Å². The molecule has 0 aliphatic rings. The number of rotatable bonds is 5. The quantitative estimate of drug-likeness (QED) is 0.461. The van der Waals surface area contributed by atoms with E-state index in [2.05, 4.69) is 18.7 Å². The average molecular weight is 162 g/mol. The van der Waals surface area contributed by atoms with Crippen LogP contribution < -0.4 is 0 Å². The Hall–Kier alpha value is -1.28. The summed E-state index contributed by atoms with van der Waals surface area (Å²) in [6.07, 6.45) is 4.59. The molecule has 64 valence electrons. The Kier molecular flexibility index (Phi) is 4.81. The Bertz CT molecular complexity index is 219. The number of hydrogen-bond donors (Lipinski definition) is 0. The van der Waals surface area contributed by atoms with Crippen molar-refractivity contribution in [3.8, 4) is 12.1 Å². The molecule has 0 saturated heterocycles. The number of nitriles is 2. The van der Waals surface area contributed by atoms with Gasteiger partial charge in [-0.15, -0.1) is 6.58 Å². The minimum Gasteiger partial charge on any atom is -0.198 e. The van der Waals surface area contributed by atoms with Crippen LogP contribution in [0.2, 0.25) is 0 Å². The summed E-state index contributed by atoms with van der Waals surface area (Å²) in [4.78, 5) is 0. The van der Waals surface area contributed by atoms with Crippen LogP contribution in [-0.2, 0) is 0 Å². The molecular weight excluding hydrogens is 148 g/mol. The highest BCUT2D eigenvalue weighted by Gasteiger charge is 2.18. The summed E-state index contributed by atoms with van der Waals surface area (Å²) < 4.78 is 0. The van der Waals surface area contributed by atoms with Crippen LogP contribution in [0.25, 0.3) is 0 Å². The van der Waals surface area contributed by atoms with E-state index in [-0.39, 0.29) is 5.41 Å². The predicted molar refractivity (Wildman–Crippen MR) is 48.0 cm³/mol. The van der Waals surface area contributed by atoms with Gasteiger partial charge in [0.2, 0.25) is 0 Å². The Balaban J connectivity index is 3.91. The molecule has 0 saturated carbocycles. The van der Waals surface area contributed by atoms with Crippen molar-refractivity contribution in [2.45, 2.75) is 32.6 Å². The van der Waals surface area contributed by atoms with E-state index in [0.717, 1.165) is 12.8 Å². The summed E-state index contributed by atoms with van der Waals surface area (Å²) in [6, 6.07) is 4.22. The standard InChI is InChI=1S/C10H14N2/c1-3-10(2,7-9-12)6-4-5-8-11/h3H,1,4-7H2,2H3. The fraction of sp³-hybridized carbons (Fsp3) is 0.600. The molecule has 0 radical (unpaired) electrons. The van der Waals surface area contributed by atoms with Crippen molar-refractivity contribution in [2.75, 3.05) is 0 Å². The predicted octanol–water partition coefficient (Wildman–Crippen LogP) is 2.79. The first-order valence-electron chi connectivity index (χ1n) is 4.06. The fourth-order valence-electron chi connectivity index (χ4n) is 1.01. The van der Waals surface area contributed by atoms with Crippen LogP contribution in [0.3, 0.4) is 0 Å². The molecule has 0 aliphatic carbocycles. The maximum atomic E-state index is 8.53. The summed E-state index contributed by atoms with van der Waals surface area (Å²) in [5.41, 5.74) is -0.106. The summed E-state index contributed by atoms with van der Waals surface area (Å²) >= 11 is 0. The highest BCUT2D eigenvalue weighted by molar-refractivity contribution is 4.97. The molecule has 1 unspecified atom stereocenters. The lowest BCUT2D eigenvalue weighted by Gasteiger charge is -2.21. The average Bonchev–Trinajstić information content (AvgIpc) is 2.06. The first-order valence-corrected chi connectivity index (χ1v) is 4.06. The number of nitrogens with zero attached hydrogens (tertiary/aromatic N) is 2. The second-order valence-electron chi connectivity index (χ2n) is 3.20. The Labute approximate surface area is 74.1 Å². The van der Waals surface area contributed by atoms with Gasteiger partial charge in [-0.1, -0.05) is 13.0 Å². The van der Waals surface area contributed by atoms with Crippen molar-refractivity contribution in [1.82, 2.24) is 0 Å². The van der Waals surface area contributed by atoms with Crippen molar-refractivity contribution in [1.29, 1.82) is 10.5 Å². The van der Waals surface area contributed by atoms with Crippen LogP contribution >= 0.6 is 0 Å². The summed E-state index contributed by atoms with van der Waals surface area (Å²) in [6.45, 7) is 5.70. The van der Waals surface area contributed by atoms with Crippen molar-refractivity contribution in [3.63, 3.8) is 0 Å². The lowest BCUT2D eigenvalue weighted by molar-refractivity contribution is 0.391. The second kappa shape index (κ2) is 5.38. The molecule has 0 rings (SSSR count). The van der Waals surface area contributed by atoms with Crippen LogP contribution in [0.4, 0.5) is 0 Å². The Morgan fingerprint density at radius 2 is 2.08 bits per heavy atom. The van der Waals surface area contributed by atoms with Gasteiger partial charge in [-0.05, 0) is 18.3 Å². The largest absolute Gasteiger partial charge is 0.198 e. The molecule has 1 atom stereocenters. The number of unbranched alkanes of at least 4 members (excludes halogenated alkanes) is 1. The lowest BCUT2D eigenvalue weighted by atomic mass is 9.82. The lowest BCUT2D eigenvalue weighted by Crippen LogP contribution is -2.11. The smallest absolute Gasteiger partial charge is 0.0630 e. The van der Waals surface area contributed by atoms with Gasteiger partial charge in [-0.3, -0.25) is 0 Å². The zero-order valence-electron chi connectivity index (χ0n) is 7.51. The van der Waals surface area contributed by atoms with E-state index in [1.807, 2.05) is 13.0 Å². The fourth-order valence-corrected chi connectivity index (χ4v) is 1.01. The van der Waals surface area contributed by atoms with E-state index in [0.29, 0.717) is 12.8 Å². The van der Waals surface area contributed by atoms with Gasteiger partial charge in [0.1, 0.15) is 0 Å². The van der Waals surface area contributed by atoms with Crippen LogP contribution in [0.15, 0.2) is 12.7 Å². The summed E-state index contributed by atoms with van der Waals surface area (Å²) in [5, 5.41) is 16.9. The molecule has 0 aromatic heterocycles. The highest BCUT2D eigenvalue weighted by atomic mass is 14.3. The van der Waals surface area contributed by atoms with Crippen molar-refractivity contribution in [3.05, 3.63) is 12.7 Å². The second-order valence-corrected chi connectivity index (χ2v) is 3.20. The van der Waals surface area contributed by atoms with E-state index >= 15 is 0 Å². The summed E-state index contributed by atoms with van der Waals surface area (Å²) in [7, 11) is 0. The van der Waals surface area contributed by atoms with Gasteiger partial charge in [0, 0.05) is 12.8 Å². The molecule has 0 bridgehead atoms. The third-order valence-corrected chi connectivity index (χ3v) is 2.01. The minimum atomic E-state index is -0.106. The van der Waals surface area contributed by atoms with Gasteiger partial charge in [0.15, 0.2) is 0 Å².